The number of thioether (sulfide) groups is 1. The van der Waals surface area contributed by atoms with E-state index in [0.29, 0.717) is 12.5 Å². The van der Waals surface area contributed by atoms with Gasteiger partial charge in [-0.15, -0.1) is 0 Å². The number of hydrogen-bond donors (Lipinski definition) is 1. The first-order chi connectivity index (χ1) is 6.57. The van der Waals surface area contributed by atoms with Gasteiger partial charge in [0.1, 0.15) is 0 Å². The lowest BCUT2D eigenvalue weighted by atomic mass is 10.2. The van der Waals surface area contributed by atoms with Crippen molar-refractivity contribution >= 4 is 17.7 Å². The van der Waals surface area contributed by atoms with Gasteiger partial charge >= 0.3 is 0 Å². The molecule has 0 heterocycles. The molecule has 1 amide bonds. The van der Waals surface area contributed by atoms with Crippen LogP contribution in [-0.4, -0.2) is 49.5 Å². The van der Waals surface area contributed by atoms with Crippen molar-refractivity contribution in [1.82, 2.24) is 10.2 Å². The van der Waals surface area contributed by atoms with Crippen LogP contribution in [-0.2, 0) is 4.79 Å². The molecule has 84 valence electrons. The minimum atomic E-state index is 0.212. The highest BCUT2D eigenvalue weighted by Crippen LogP contribution is 1.97. The Bertz CT molecular complexity index is 162. The molecule has 0 aliphatic carbocycles. The summed E-state index contributed by atoms with van der Waals surface area (Å²) >= 11 is 1.84. The van der Waals surface area contributed by atoms with E-state index in [1.807, 2.05) is 11.8 Å². The zero-order valence-corrected chi connectivity index (χ0v) is 10.5. The first-order valence-corrected chi connectivity index (χ1v) is 6.39. The average Bonchev–Trinajstić information content (AvgIpc) is 2.12. The molecule has 14 heavy (non-hydrogen) atoms. The summed E-state index contributed by atoms with van der Waals surface area (Å²) in [4.78, 5) is 12.9. The van der Waals surface area contributed by atoms with Crippen LogP contribution in [0.25, 0.3) is 0 Å². The molecule has 0 aliphatic heterocycles. The monoisotopic (exact) mass is 218 g/mol. The highest BCUT2D eigenvalue weighted by Gasteiger charge is 2.03. The minimum Gasteiger partial charge on any atom is -0.349 e. The van der Waals surface area contributed by atoms with E-state index in [0.717, 1.165) is 18.7 Å². The zero-order chi connectivity index (χ0) is 11.0. The summed E-state index contributed by atoms with van der Waals surface area (Å²) in [6.45, 7) is 3.10. The summed E-state index contributed by atoms with van der Waals surface area (Å²) < 4.78 is 0. The molecule has 4 heteroatoms. The largest absolute Gasteiger partial charge is 0.349 e. The molecule has 0 rings (SSSR count). The van der Waals surface area contributed by atoms with Gasteiger partial charge in [0.05, 0.1) is 0 Å². The van der Waals surface area contributed by atoms with Gasteiger partial charge in [-0.2, -0.15) is 11.8 Å². The lowest BCUT2D eigenvalue weighted by Crippen LogP contribution is -2.30. The number of carbonyl (C=O) groups is 1. The molecule has 1 unspecified atom stereocenters. The van der Waals surface area contributed by atoms with Crippen LogP contribution in [0.5, 0.6) is 0 Å². The quantitative estimate of drug-likeness (QED) is 0.652. The highest BCUT2D eigenvalue weighted by molar-refractivity contribution is 7.98. The predicted octanol–water partition coefficient (Wildman–Crippen LogP) is 1.20. The minimum absolute atomic E-state index is 0.212. The summed E-state index contributed by atoms with van der Waals surface area (Å²) in [6.07, 6.45) is 3.68. The fourth-order valence-corrected chi connectivity index (χ4v) is 1.74. The molecule has 1 atom stereocenters. The molecule has 0 saturated heterocycles. The Balaban J connectivity index is 3.33. The van der Waals surface area contributed by atoms with Crippen molar-refractivity contribution in [3.63, 3.8) is 0 Å². The zero-order valence-electron chi connectivity index (χ0n) is 9.67. The van der Waals surface area contributed by atoms with Crippen LogP contribution in [0.4, 0.5) is 0 Å². The van der Waals surface area contributed by atoms with Gasteiger partial charge in [-0.1, -0.05) is 0 Å². The van der Waals surface area contributed by atoms with Crippen molar-refractivity contribution in [1.29, 1.82) is 0 Å². The summed E-state index contributed by atoms with van der Waals surface area (Å²) in [5.41, 5.74) is 0. The summed E-state index contributed by atoms with van der Waals surface area (Å²) in [5.74, 6) is 1.34. The third-order valence-corrected chi connectivity index (χ3v) is 2.81. The highest BCUT2D eigenvalue weighted by atomic mass is 32.2. The van der Waals surface area contributed by atoms with E-state index in [1.54, 1.807) is 19.0 Å². The van der Waals surface area contributed by atoms with Gasteiger partial charge < -0.3 is 10.2 Å². The van der Waals surface area contributed by atoms with Crippen LogP contribution in [0.2, 0.25) is 0 Å². The Morgan fingerprint density at radius 3 is 2.64 bits per heavy atom. The molecule has 0 spiro atoms. The van der Waals surface area contributed by atoms with E-state index >= 15 is 0 Å². The molecule has 0 aromatic rings. The average molecular weight is 218 g/mol. The maximum absolute atomic E-state index is 11.2. The smallest absolute Gasteiger partial charge is 0.222 e. The second-order valence-electron chi connectivity index (χ2n) is 3.70. The molecular weight excluding hydrogens is 196 g/mol. The summed E-state index contributed by atoms with van der Waals surface area (Å²) in [5, 5.41) is 3.39. The number of carbonyl (C=O) groups excluding carboxylic acids is 1. The normalized spacial score (nSPS) is 12.6. The van der Waals surface area contributed by atoms with Crippen LogP contribution < -0.4 is 5.32 Å². The van der Waals surface area contributed by atoms with Crippen LogP contribution >= 0.6 is 11.8 Å². The maximum atomic E-state index is 11.2. The first-order valence-electron chi connectivity index (χ1n) is 5.00. The van der Waals surface area contributed by atoms with E-state index in [2.05, 4.69) is 18.5 Å². The fraction of sp³-hybridized carbons (Fsp3) is 0.900. The molecule has 0 saturated carbocycles. The van der Waals surface area contributed by atoms with Crippen LogP contribution in [0, 0.1) is 0 Å². The van der Waals surface area contributed by atoms with Crippen LogP contribution in [0.3, 0.4) is 0 Å². The Morgan fingerprint density at radius 2 is 2.14 bits per heavy atom. The van der Waals surface area contributed by atoms with Crippen molar-refractivity contribution in [2.75, 3.05) is 32.6 Å². The second kappa shape index (κ2) is 8.12. The van der Waals surface area contributed by atoms with E-state index in [4.69, 9.17) is 0 Å². The fourth-order valence-electron chi connectivity index (χ4n) is 1.12. The van der Waals surface area contributed by atoms with E-state index < -0.39 is 0 Å². The Hall–Kier alpha value is -0.220. The lowest BCUT2D eigenvalue weighted by Gasteiger charge is -2.13. The van der Waals surface area contributed by atoms with E-state index in [9.17, 15) is 4.79 Å². The number of nitrogens with one attached hydrogen (secondary N) is 1. The third kappa shape index (κ3) is 7.21. The number of rotatable bonds is 7. The maximum Gasteiger partial charge on any atom is 0.222 e. The molecule has 0 aromatic heterocycles. The lowest BCUT2D eigenvalue weighted by molar-refractivity contribution is -0.128. The molecule has 0 fully saturated rings. The first kappa shape index (κ1) is 13.8. The van der Waals surface area contributed by atoms with Crippen molar-refractivity contribution in [2.45, 2.75) is 25.8 Å². The van der Waals surface area contributed by atoms with Gasteiger partial charge in [-0.25, -0.2) is 0 Å². The third-order valence-electron chi connectivity index (χ3n) is 1.98. The van der Waals surface area contributed by atoms with Gasteiger partial charge in [0.25, 0.3) is 0 Å². The van der Waals surface area contributed by atoms with Crippen molar-refractivity contribution in [3.8, 4) is 0 Å². The van der Waals surface area contributed by atoms with Gasteiger partial charge in [-0.3, -0.25) is 4.79 Å². The molecule has 0 bridgehead atoms. The number of amides is 1. The SMILES string of the molecule is CSCC(C)NCCCC(=O)N(C)C. The van der Waals surface area contributed by atoms with Gasteiger partial charge in [0.2, 0.25) is 5.91 Å². The van der Waals surface area contributed by atoms with Gasteiger partial charge in [0, 0.05) is 32.3 Å². The van der Waals surface area contributed by atoms with Crippen LogP contribution in [0.15, 0.2) is 0 Å². The standard InChI is InChI=1S/C10H22N2OS/c1-9(8-14-4)11-7-5-6-10(13)12(2)3/h9,11H,5-8H2,1-4H3. The van der Waals surface area contributed by atoms with Crippen molar-refractivity contribution < 1.29 is 4.79 Å². The van der Waals surface area contributed by atoms with Crippen LogP contribution in [0.1, 0.15) is 19.8 Å². The van der Waals surface area contributed by atoms with Gasteiger partial charge in [-0.05, 0) is 26.1 Å². The molecule has 0 aromatic carbocycles. The molecular formula is C10H22N2OS. The van der Waals surface area contributed by atoms with Crippen molar-refractivity contribution in [2.24, 2.45) is 0 Å². The Morgan fingerprint density at radius 1 is 1.50 bits per heavy atom. The summed E-state index contributed by atoms with van der Waals surface area (Å²) in [6, 6.07) is 0.541. The van der Waals surface area contributed by atoms with E-state index in [-0.39, 0.29) is 5.91 Å². The molecule has 0 aliphatic rings. The summed E-state index contributed by atoms with van der Waals surface area (Å²) in [7, 11) is 3.60. The van der Waals surface area contributed by atoms with E-state index in [1.165, 1.54) is 0 Å². The molecule has 1 N–H and O–H groups in total. The number of hydrogen-bond acceptors (Lipinski definition) is 3. The Labute approximate surface area is 91.6 Å². The second-order valence-corrected chi connectivity index (χ2v) is 4.61. The topological polar surface area (TPSA) is 32.3 Å². The Kier molecular flexibility index (Phi) is 7.99. The molecule has 3 nitrogen and oxygen atoms in total. The molecule has 0 radical (unpaired) electrons. The van der Waals surface area contributed by atoms with Gasteiger partial charge in [0.15, 0.2) is 0 Å². The van der Waals surface area contributed by atoms with Crippen molar-refractivity contribution in [3.05, 3.63) is 0 Å². The predicted molar refractivity (Wildman–Crippen MR) is 63.8 cm³/mol. The number of nitrogens with zero attached hydrogens (tertiary/aromatic N) is 1.